The van der Waals surface area contributed by atoms with E-state index in [9.17, 15) is 4.79 Å². The van der Waals surface area contributed by atoms with Gasteiger partial charge < -0.3 is 14.2 Å². The minimum atomic E-state index is -0.417. The van der Waals surface area contributed by atoms with Gasteiger partial charge in [-0.3, -0.25) is 0 Å². The van der Waals surface area contributed by atoms with Crippen LogP contribution in [0.2, 0.25) is 0 Å². The molecule has 1 aromatic rings. The van der Waals surface area contributed by atoms with Gasteiger partial charge in [0.1, 0.15) is 10.6 Å². The molecule has 0 aliphatic carbocycles. The molecule has 0 spiro atoms. The van der Waals surface area contributed by atoms with Crippen molar-refractivity contribution in [3.8, 4) is 0 Å². The molecule has 1 aliphatic heterocycles. The number of hydrogen-bond donors (Lipinski definition) is 0. The highest BCUT2D eigenvalue weighted by Crippen LogP contribution is 2.38. The van der Waals surface area contributed by atoms with E-state index in [1.54, 1.807) is 7.11 Å². The zero-order valence-electron chi connectivity index (χ0n) is 10.8. The molecule has 0 N–H and O–H groups in total. The van der Waals surface area contributed by atoms with Crippen molar-refractivity contribution in [2.75, 3.05) is 27.4 Å². The number of methoxy groups -OCH3 is 2. The number of ether oxygens (including phenoxy) is 3. The van der Waals surface area contributed by atoms with Crippen LogP contribution in [0.5, 0.6) is 0 Å². The zero-order valence-corrected chi connectivity index (χ0v) is 11.6. The third-order valence-electron chi connectivity index (χ3n) is 3.26. The number of hydrogen-bond acceptors (Lipinski definition) is 6. The molecule has 1 saturated heterocycles. The number of esters is 1. The van der Waals surface area contributed by atoms with Gasteiger partial charge >= 0.3 is 5.97 Å². The first-order valence-electron chi connectivity index (χ1n) is 5.82. The molecule has 0 aromatic carbocycles. The average molecular weight is 271 g/mol. The Balaban J connectivity index is 2.34. The number of carbonyl (C=O) groups is 1. The monoisotopic (exact) mass is 271 g/mol. The van der Waals surface area contributed by atoms with Gasteiger partial charge in [0, 0.05) is 38.0 Å². The lowest BCUT2D eigenvalue weighted by Crippen LogP contribution is -2.35. The number of rotatable bonds is 3. The molecule has 1 aliphatic rings. The molecule has 0 unspecified atom stereocenters. The largest absolute Gasteiger partial charge is 0.464 e. The van der Waals surface area contributed by atoms with Gasteiger partial charge in [0.25, 0.3) is 0 Å². The van der Waals surface area contributed by atoms with Crippen LogP contribution in [0.1, 0.15) is 33.2 Å². The van der Waals surface area contributed by atoms with Gasteiger partial charge in [0.15, 0.2) is 5.69 Å². The summed E-state index contributed by atoms with van der Waals surface area (Å²) in [6.07, 6.45) is 1.52. The van der Waals surface area contributed by atoms with E-state index in [-0.39, 0.29) is 0 Å². The van der Waals surface area contributed by atoms with Crippen LogP contribution in [0, 0.1) is 6.92 Å². The first-order chi connectivity index (χ1) is 8.63. The van der Waals surface area contributed by atoms with Gasteiger partial charge in [0.2, 0.25) is 0 Å². The number of nitrogens with zero attached hydrogens (tertiary/aromatic N) is 1. The third kappa shape index (κ3) is 2.28. The predicted molar refractivity (Wildman–Crippen MR) is 66.9 cm³/mol. The van der Waals surface area contributed by atoms with Crippen LogP contribution in [0.3, 0.4) is 0 Å². The van der Waals surface area contributed by atoms with E-state index in [4.69, 9.17) is 14.2 Å². The Hall–Kier alpha value is -0.980. The van der Waals surface area contributed by atoms with Crippen molar-refractivity contribution in [2.24, 2.45) is 0 Å². The molecular weight excluding hydrogens is 254 g/mol. The molecule has 6 heteroatoms. The molecule has 0 radical (unpaired) electrons. The lowest BCUT2D eigenvalue weighted by molar-refractivity contribution is -0.0948. The average Bonchev–Trinajstić information content (AvgIpc) is 2.81. The minimum Gasteiger partial charge on any atom is -0.464 e. The summed E-state index contributed by atoms with van der Waals surface area (Å²) in [7, 11) is 3.04. The molecule has 1 aromatic heterocycles. The summed E-state index contributed by atoms with van der Waals surface area (Å²) in [5.74, 6) is -0.395. The number of aryl methyl sites for hydroxylation is 1. The fraction of sp³-hybridized carbons (Fsp3) is 0.667. The van der Waals surface area contributed by atoms with Crippen molar-refractivity contribution in [1.29, 1.82) is 0 Å². The van der Waals surface area contributed by atoms with E-state index >= 15 is 0 Å². The van der Waals surface area contributed by atoms with Gasteiger partial charge in [-0.2, -0.15) is 0 Å². The second-order valence-electron chi connectivity index (χ2n) is 4.23. The van der Waals surface area contributed by atoms with Crippen LogP contribution in [-0.2, 0) is 19.8 Å². The highest BCUT2D eigenvalue weighted by molar-refractivity contribution is 7.12. The first kappa shape index (κ1) is 13.5. The topological polar surface area (TPSA) is 57.7 Å². The normalized spacial score (nSPS) is 18.6. The summed E-state index contributed by atoms with van der Waals surface area (Å²) in [5.41, 5.74) is -0.0274. The summed E-state index contributed by atoms with van der Waals surface area (Å²) in [5, 5.41) is 0.839. The Morgan fingerprint density at radius 3 is 2.61 bits per heavy atom. The minimum absolute atomic E-state index is 0.389. The van der Waals surface area contributed by atoms with Crippen LogP contribution in [0.4, 0.5) is 0 Å². The molecule has 5 nitrogen and oxygen atoms in total. The second-order valence-corrected chi connectivity index (χ2v) is 5.43. The van der Waals surface area contributed by atoms with Gasteiger partial charge in [-0.15, -0.1) is 11.3 Å². The molecule has 0 amide bonds. The van der Waals surface area contributed by atoms with E-state index in [1.165, 1.54) is 18.4 Å². The lowest BCUT2D eigenvalue weighted by Gasteiger charge is -2.33. The summed E-state index contributed by atoms with van der Waals surface area (Å²) in [6, 6.07) is 0. The maximum atomic E-state index is 11.6. The standard InChI is InChI=1S/C12H17NO4S/c1-8-9(10(14)15-2)13-11(18-8)12(16-3)4-6-17-7-5-12/h4-7H2,1-3H3. The first-order valence-corrected chi connectivity index (χ1v) is 6.64. The summed E-state index contributed by atoms with van der Waals surface area (Å²) < 4.78 is 15.7. The maximum Gasteiger partial charge on any atom is 0.357 e. The van der Waals surface area contributed by atoms with Gasteiger partial charge in [-0.25, -0.2) is 9.78 Å². The molecular formula is C12H17NO4S. The van der Waals surface area contributed by atoms with Crippen LogP contribution in [0.15, 0.2) is 0 Å². The van der Waals surface area contributed by atoms with Crippen molar-refractivity contribution in [3.05, 3.63) is 15.6 Å². The Morgan fingerprint density at radius 2 is 2.06 bits per heavy atom. The molecule has 0 saturated carbocycles. The second kappa shape index (κ2) is 5.34. The molecule has 2 rings (SSSR count). The molecule has 1 fully saturated rings. The highest BCUT2D eigenvalue weighted by atomic mass is 32.1. The van der Waals surface area contributed by atoms with Crippen molar-refractivity contribution < 1.29 is 19.0 Å². The molecule has 100 valence electrons. The molecule has 18 heavy (non-hydrogen) atoms. The quantitative estimate of drug-likeness (QED) is 0.786. The molecule has 0 bridgehead atoms. The fourth-order valence-electron chi connectivity index (χ4n) is 2.08. The Morgan fingerprint density at radius 1 is 1.39 bits per heavy atom. The lowest BCUT2D eigenvalue weighted by atomic mass is 9.95. The van der Waals surface area contributed by atoms with Gasteiger partial charge in [-0.05, 0) is 6.92 Å². The van der Waals surface area contributed by atoms with Crippen molar-refractivity contribution in [2.45, 2.75) is 25.4 Å². The van der Waals surface area contributed by atoms with E-state index < -0.39 is 11.6 Å². The van der Waals surface area contributed by atoms with Crippen LogP contribution >= 0.6 is 11.3 Å². The van der Waals surface area contributed by atoms with Crippen LogP contribution in [-0.4, -0.2) is 38.4 Å². The molecule has 2 heterocycles. The van der Waals surface area contributed by atoms with Crippen molar-refractivity contribution in [3.63, 3.8) is 0 Å². The Labute approximate surface area is 110 Å². The van der Waals surface area contributed by atoms with Crippen molar-refractivity contribution >= 4 is 17.3 Å². The zero-order chi connectivity index (χ0) is 13.2. The van der Waals surface area contributed by atoms with E-state index in [1.807, 2.05) is 6.92 Å². The van der Waals surface area contributed by atoms with E-state index in [0.29, 0.717) is 18.9 Å². The van der Waals surface area contributed by atoms with E-state index in [2.05, 4.69) is 4.98 Å². The van der Waals surface area contributed by atoms with Crippen LogP contribution < -0.4 is 0 Å². The smallest absolute Gasteiger partial charge is 0.357 e. The highest BCUT2D eigenvalue weighted by Gasteiger charge is 2.38. The summed E-state index contributed by atoms with van der Waals surface area (Å²) in [6.45, 7) is 3.18. The summed E-state index contributed by atoms with van der Waals surface area (Å²) in [4.78, 5) is 16.9. The summed E-state index contributed by atoms with van der Waals surface area (Å²) >= 11 is 1.50. The Kier molecular flexibility index (Phi) is 3.99. The number of carbonyl (C=O) groups excluding carboxylic acids is 1. The third-order valence-corrected chi connectivity index (χ3v) is 4.41. The van der Waals surface area contributed by atoms with Gasteiger partial charge in [-0.1, -0.05) is 0 Å². The van der Waals surface area contributed by atoms with Gasteiger partial charge in [0.05, 0.1) is 7.11 Å². The predicted octanol–water partition coefficient (Wildman–Crippen LogP) is 1.89. The molecule has 0 atom stereocenters. The SMILES string of the molecule is COC(=O)c1nc(C2(OC)CCOCC2)sc1C. The Bertz CT molecular complexity index is 437. The number of thiazole rings is 1. The number of aromatic nitrogens is 1. The maximum absolute atomic E-state index is 11.6. The van der Waals surface area contributed by atoms with E-state index in [0.717, 1.165) is 22.7 Å². The van der Waals surface area contributed by atoms with Crippen LogP contribution in [0.25, 0.3) is 0 Å². The van der Waals surface area contributed by atoms with Crippen molar-refractivity contribution in [1.82, 2.24) is 4.98 Å². The fourth-order valence-corrected chi connectivity index (χ4v) is 3.21.